The lowest BCUT2D eigenvalue weighted by Gasteiger charge is -2.19. The first-order chi connectivity index (χ1) is 6.77. The predicted octanol–water partition coefficient (Wildman–Crippen LogP) is 3.41. The second kappa shape index (κ2) is 5.05. The minimum absolute atomic E-state index is 0.402. The SMILES string of the molecule is Clc1nc(C2CSCCS2)ncc1Br. The maximum Gasteiger partial charge on any atom is 0.146 e. The molecule has 1 aromatic heterocycles. The van der Waals surface area contributed by atoms with Crippen LogP contribution in [0.1, 0.15) is 11.1 Å². The summed E-state index contributed by atoms with van der Waals surface area (Å²) in [7, 11) is 0. The van der Waals surface area contributed by atoms with Gasteiger partial charge in [0.2, 0.25) is 0 Å². The molecule has 1 fully saturated rings. The summed E-state index contributed by atoms with van der Waals surface area (Å²) in [5, 5.41) is 0.908. The van der Waals surface area contributed by atoms with E-state index in [1.807, 2.05) is 23.5 Å². The monoisotopic (exact) mass is 310 g/mol. The fourth-order valence-corrected chi connectivity index (χ4v) is 4.08. The third kappa shape index (κ3) is 2.56. The van der Waals surface area contributed by atoms with Gasteiger partial charge in [-0.05, 0) is 15.9 Å². The number of aromatic nitrogens is 2. The molecule has 0 N–H and O–H groups in total. The minimum Gasteiger partial charge on any atom is -0.239 e. The van der Waals surface area contributed by atoms with Crippen molar-refractivity contribution in [1.82, 2.24) is 9.97 Å². The molecule has 0 amide bonds. The summed E-state index contributed by atoms with van der Waals surface area (Å²) in [6, 6.07) is 0. The van der Waals surface area contributed by atoms with Crippen LogP contribution in [0, 0.1) is 0 Å². The van der Waals surface area contributed by atoms with Gasteiger partial charge in [0.15, 0.2) is 0 Å². The predicted molar refractivity (Wildman–Crippen MR) is 67.3 cm³/mol. The van der Waals surface area contributed by atoms with Gasteiger partial charge >= 0.3 is 0 Å². The highest BCUT2D eigenvalue weighted by Crippen LogP contribution is 2.35. The maximum atomic E-state index is 5.92. The molecule has 0 aromatic carbocycles. The van der Waals surface area contributed by atoms with Crippen molar-refractivity contribution in [2.24, 2.45) is 0 Å². The van der Waals surface area contributed by atoms with E-state index < -0.39 is 0 Å². The van der Waals surface area contributed by atoms with Gasteiger partial charge in [0.05, 0.1) is 9.72 Å². The van der Waals surface area contributed by atoms with Gasteiger partial charge in [-0.15, -0.1) is 11.8 Å². The first kappa shape index (κ1) is 11.0. The summed E-state index contributed by atoms with van der Waals surface area (Å²) < 4.78 is 0.761. The molecule has 6 heteroatoms. The Bertz CT molecular complexity index is 331. The van der Waals surface area contributed by atoms with Crippen molar-refractivity contribution >= 4 is 51.1 Å². The van der Waals surface area contributed by atoms with Gasteiger partial charge < -0.3 is 0 Å². The maximum absolute atomic E-state index is 5.92. The Morgan fingerprint density at radius 2 is 2.36 bits per heavy atom. The molecule has 2 heterocycles. The number of nitrogens with zero attached hydrogens (tertiary/aromatic N) is 2. The van der Waals surface area contributed by atoms with Gasteiger partial charge in [-0.1, -0.05) is 11.6 Å². The molecule has 1 unspecified atom stereocenters. The van der Waals surface area contributed by atoms with Crippen LogP contribution in [0.2, 0.25) is 5.15 Å². The average molecular weight is 312 g/mol. The lowest BCUT2D eigenvalue weighted by Crippen LogP contribution is -2.10. The fourth-order valence-electron chi connectivity index (χ4n) is 1.15. The molecule has 1 aromatic rings. The van der Waals surface area contributed by atoms with Crippen molar-refractivity contribution in [3.05, 3.63) is 21.6 Å². The number of rotatable bonds is 1. The zero-order valence-corrected chi connectivity index (χ0v) is 11.2. The molecule has 0 radical (unpaired) electrons. The zero-order chi connectivity index (χ0) is 9.97. The van der Waals surface area contributed by atoms with E-state index in [9.17, 15) is 0 Å². The van der Waals surface area contributed by atoms with Crippen molar-refractivity contribution in [2.75, 3.05) is 17.3 Å². The second-order valence-corrected chi connectivity index (χ2v) is 6.47. The van der Waals surface area contributed by atoms with Crippen LogP contribution in [0.4, 0.5) is 0 Å². The van der Waals surface area contributed by atoms with Gasteiger partial charge in [0.25, 0.3) is 0 Å². The lowest BCUT2D eigenvalue weighted by molar-refractivity contribution is 0.919. The molecule has 1 saturated heterocycles. The van der Waals surface area contributed by atoms with Gasteiger partial charge in [-0.25, -0.2) is 9.97 Å². The zero-order valence-electron chi connectivity index (χ0n) is 7.24. The van der Waals surface area contributed by atoms with Gasteiger partial charge in [-0.3, -0.25) is 0 Å². The van der Waals surface area contributed by atoms with Crippen molar-refractivity contribution in [1.29, 1.82) is 0 Å². The van der Waals surface area contributed by atoms with Crippen LogP contribution in [-0.2, 0) is 0 Å². The molecule has 14 heavy (non-hydrogen) atoms. The molecule has 1 aliphatic rings. The largest absolute Gasteiger partial charge is 0.239 e. The molecule has 76 valence electrons. The van der Waals surface area contributed by atoms with Crippen LogP contribution in [0.5, 0.6) is 0 Å². The van der Waals surface area contributed by atoms with Crippen molar-refractivity contribution in [3.8, 4) is 0 Å². The number of thioether (sulfide) groups is 2. The summed E-state index contributed by atoms with van der Waals surface area (Å²) in [5.74, 6) is 4.34. The number of halogens is 2. The number of hydrogen-bond acceptors (Lipinski definition) is 4. The van der Waals surface area contributed by atoms with E-state index in [1.54, 1.807) is 6.20 Å². The Balaban J connectivity index is 2.18. The molecule has 0 aliphatic carbocycles. The molecule has 1 atom stereocenters. The van der Waals surface area contributed by atoms with Crippen LogP contribution < -0.4 is 0 Å². The standard InChI is InChI=1S/C8H8BrClN2S2/c9-5-3-11-8(12-7(5)10)6-4-13-1-2-14-6/h3,6H,1-2,4H2. The summed E-state index contributed by atoms with van der Waals surface area (Å²) in [4.78, 5) is 8.56. The second-order valence-electron chi connectivity index (χ2n) is 2.80. The highest BCUT2D eigenvalue weighted by atomic mass is 79.9. The normalized spacial score (nSPS) is 22.3. The van der Waals surface area contributed by atoms with Crippen molar-refractivity contribution in [3.63, 3.8) is 0 Å². The molecule has 1 aliphatic heterocycles. The molecular formula is C8H8BrClN2S2. The first-order valence-corrected chi connectivity index (χ1v) is 7.52. The summed E-state index contributed by atoms with van der Waals surface area (Å²) >= 11 is 13.1. The highest BCUT2D eigenvalue weighted by molar-refractivity contribution is 9.10. The Morgan fingerprint density at radius 3 is 3.00 bits per heavy atom. The molecule has 0 spiro atoms. The van der Waals surface area contributed by atoms with E-state index in [0.717, 1.165) is 16.0 Å². The van der Waals surface area contributed by atoms with Crippen molar-refractivity contribution < 1.29 is 0 Å². The molecule has 2 rings (SSSR count). The molecule has 0 bridgehead atoms. The van der Waals surface area contributed by atoms with E-state index >= 15 is 0 Å². The Morgan fingerprint density at radius 1 is 1.50 bits per heavy atom. The molecular weight excluding hydrogens is 304 g/mol. The van der Waals surface area contributed by atoms with E-state index in [1.165, 1.54) is 11.5 Å². The Hall–Kier alpha value is 0.550. The van der Waals surface area contributed by atoms with E-state index in [0.29, 0.717) is 10.4 Å². The topological polar surface area (TPSA) is 25.8 Å². The molecule has 0 saturated carbocycles. The van der Waals surface area contributed by atoms with E-state index in [4.69, 9.17) is 11.6 Å². The number of hydrogen-bond donors (Lipinski definition) is 0. The highest BCUT2D eigenvalue weighted by Gasteiger charge is 2.19. The van der Waals surface area contributed by atoms with Crippen LogP contribution in [0.3, 0.4) is 0 Å². The summed E-state index contributed by atoms with van der Waals surface area (Å²) in [6.07, 6.45) is 1.73. The van der Waals surface area contributed by atoms with Gasteiger partial charge in [0, 0.05) is 23.5 Å². The van der Waals surface area contributed by atoms with Gasteiger partial charge in [0.1, 0.15) is 11.0 Å². The fraction of sp³-hybridized carbons (Fsp3) is 0.500. The van der Waals surface area contributed by atoms with Crippen LogP contribution >= 0.6 is 51.1 Å². The van der Waals surface area contributed by atoms with E-state index in [2.05, 4.69) is 25.9 Å². The first-order valence-electron chi connectivity index (χ1n) is 4.14. The summed E-state index contributed by atoms with van der Waals surface area (Å²) in [6.45, 7) is 0. The van der Waals surface area contributed by atoms with Crippen LogP contribution in [0.25, 0.3) is 0 Å². The van der Waals surface area contributed by atoms with Crippen molar-refractivity contribution in [2.45, 2.75) is 5.25 Å². The van der Waals surface area contributed by atoms with Crippen LogP contribution in [-0.4, -0.2) is 27.2 Å². The third-order valence-corrected chi connectivity index (χ3v) is 5.67. The Labute approximate surface area is 105 Å². The van der Waals surface area contributed by atoms with Gasteiger partial charge in [-0.2, -0.15) is 11.8 Å². The van der Waals surface area contributed by atoms with E-state index in [-0.39, 0.29) is 0 Å². The Kier molecular flexibility index (Phi) is 3.99. The summed E-state index contributed by atoms with van der Waals surface area (Å²) in [5.41, 5.74) is 0. The minimum atomic E-state index is 0.402. The lowest BCUT2D eigenvalue weighted by atomic mass is 10.4. The average Bonchev–Trinajstić information content (AvgIpc) is 2.23. The third-order valence-electron chi connectivity index (χ3n) is 1.82. The smallest absolute Gasteiger partial charge is 0.146 e. The van der Waals surface area contributed by atoms with Crippen LogP contribution in [0.15, 0.2) is 10.7 Å². The molecule has 2 nitrogen and oxygen atoms in total. The quantitative estimate of drug-likeness (QED) is 0.742.